The first kappa shape index (κ1) is 20.4. The second-order valence-corrected chi connectivity index (χ2v) is 6.33. The molecule has 0 heterocycles. The molecule has 1 atom stereocenters. The highest BCUT2D eigenvalue weighted by Gasteiger charge is 2.16. The Kier molecular flexibility index (Phi) is 7.57. The molecule has 0 aliphatic rings. The molecule has 0 amide bonds. The smallest absolute Gasteiger partial charge is 0.323 e. The van der Waals surface area contributed by atoms with E-state index in [-0.39, 0.29) is 6.61 Å². The van der Waals surface area contributed by atoms with Gasteiger partial charge in [0.25, 0.3) is 0 Å². The molecule has 0 bridgehead atoms. The van der Waals surface area contributed by atoms with Gasteiger partial charge in [-0.25, -0.2) is 0 Å². The molecule has 140 valence electrons. The van der Waals surface area contributed by atoms with Gasteiger partial charge in [0.2, 0.25) is 0 Å². The van der Waals surface area contributed by atoms with E-state index in [4.69, 9.17) is 43.1 Å². The number of ether oxygens (including phenoxy) is 3. The molecule has 7 heteroatoms. The highest BCUT2D eigenvalue weighted by molar-refractivity contribution is 6.42. The van der Waals surface area contributed by atoms with Crippen LogP contribution in [0.2, 0.25) is 10.0 Å². The Balaban J connectivity index is 2.14. The summed E-state index contributed by atoms with van der Waals surface area (Å²) < 4.78 is 16.1. The summed E-state index contributed by atoms with van der Waals surface area (Å²) in [5, 5.41) is 0.777. The van der Waals surface area contributed by atoms with Crippen LogP contribution in [0, 0.1) is 0 Å². The molecule has 0 spiro atoms. The first-order valence-electron chi connectivity index (χ1n) is 8.11. The summed E-state index contributed by atoms with van der Waals surface area (Å²) in [6.45, 7) is 2.27. The molecule has 1 unspecified atom stereocenters. The fraction of sp³-hybridized carbons (Fsp3) is 0.316. The number of hydrogen-bond donors (Lipinski definition) is 1. The molecule has 0 aliphatic carbocycles. The van der Waals surface area contributed by atoms with Gasteiger partial charge in [0.05, 0.1) is 18.7 Å². The average molecular weight is 398 g/mol. The third-order valence-corrected chi connectivity index (χ3v) is 4.49. The van der Waals surface area contributed by atoms with Crippen LogP contribution in [0.25, 0.3) is 0 Å². The molecular weight excluding hydrogens is 377 g/mol. The van der Waals surface area contributed by atoms with Gasteiger partial charge >= 0.3 is 5.97 Å². The van der Waals surface area contributed by atoms with Crippen LogP contribution in [-0.2, 0) is 22.6 Å². The number of halogens is 2. The topological polar surface area (TPSA) is 70.8 Å². The second kappa shape index (κ2) is 9.67. The van der Waals surface area contributed by atoms with E-state index in [1.165, 1.54) is 0 Å². The maximum atomic E-state index is 11.7. The average Bonchev–Trinajstić information content (AvgIpc) is 2.63. The van der Waals surface area contributed by atoms with Gasteiger partial charge < -0.3 is 19.9 Å². The quantitative estimate of drug-likeness (QED) is 0.681. The molecule has 0 saturated heterocycles. The molecule has 2 aromatic rings. The SMILES string of the molecule is CCOC(=O)C(N)Cc1ccc(OC)c(COc2cccc(Cl)c2Cl)c1. The number of methoxy groups -OCH3 is 1. The van der Waals surface area contributed by atoms with Gasteiger partial charge in [0.15, 0.2) is 0 Å². The van der Waals surface area contributed by atoms with Crippen LogP contribution in [-0.4, -0.2) is 25.7 Å². The monoisotopic (exact) mass is 397 g/mol. The molecule has 0 aromatic heterocycles. The lowest BCUT2D eigenvalue weighted by Gasteiger charge is -2.15. The predicted molar refractivity (Wildman–Crippen MR) is 102 cm³/mol. The molecule has 0 fully saturated rings. The van der Waals surface area contributed by atoms with E-state index in [2.05, 4.69) is 0 Å². The third-order valence-electron chi connectivity index (χ3n) is 3.69. The normalized spacial score (nSPS) is 11.7. The Morgan fingerprint density at radius 1 is 1.19 bits per heavy atom. The van der Waals surface area contributed by atoms with Crippen LogP contribution < -0.4 is 15.2 Å². The van der Waals surface area contributed by atoms with Crippen LogP contribution in [0.1, 0.15) is 18.1 Å². The second-order valence-electron chi connectivity index (χ2n) is 5.55. The van der Waals surface area contributed by atoms with E-state index in [0.29, 0.717) is 34.6 Å². The van der Waals surface area contributed by atoms with E-state index in [9.17, 15) is 4.79 Å². The molecule has 0 aliphatic heterocycles. The summed E-state index contributed by atoms with van der Waals surface area (Å²) in [5.41, 5.74) is 7.57. The van der Waals surface area contributed by atoms with E-state index in [1.54, 1.807) is 32.2 Å². The van der Waals surface area contributed by atoms with Crippen molar-refractivity contribution in [3.8, 4) is 11.5 Å². The lowest BCUT2D eigenvalue weighted by Crippen LogP contribution is -2.34. The Morgan fingerprint density at radius 3 is 2.65 bits per heavy atom. The summed E-state index contributed by atoms with van der Waals surface area (Å²) in [6, 6.07) is 10.0. The van der Waals surface area contributed by atoms with Crippen molar-refractivity contribution in [1.29, 1.82) is 0 Å². The van der Waals surface area contributed by atoms with Crippen molar-refractivity contribution in [1.82, 2.24) is 0 Å². The van der Waals surface area contributed by atoms with Gasteiger partial charge in [-0.05, 0) is 43.2 Å². The maximum Gasteiger partial charge on any atom is 0.323 e. The number of rotatable bonds is 8. The van der Waals surface area contributed by atoms with Crippen molar-refractivity contribution >= 4 is 29.2 Å². The van der Waals surface area contributed by atoms with Crippen molar-refractivity contribution in [3.05, 3.63) is 57.6 Å². The molecule has 2 aromatic carbocycles. The van der Waals surface area contributed by atoms with E-state index >= 15 is 0 Å². The van der Waals surface area contributed by atoms with Crippen LogP contribution >= 0.6 is 23.2 Å². The van der Waals surface area contributed by atoms with E-state index < -0.39 is 12.0 Å². The number of nitrogens with two attached hydrogens (primary N) is 1. The van der Waals surface area contributed by atoms with Crippen LogP contribution in [0.4, 0.5) is 0 Å². The van der Waals surface area contributed by atoms with Crippen molar-refractivity contribution in [2.45, 2.75) is 26.0 Å². The van der Waals surface area contributed by atoms with Gasteiger partial charge in [-0.1, -0.05) is 35.3 Å². The van der Waals surface area contributed by atoms with Gasteiger partial charge in [0.1, 0.15) is 29.2 Å². The van der Waals surface area contributed by atoms with Crippen LogP contribution in [0.15, 0.2) is 36.4 Å². The van der Waals surface area contributed by atoms with Gasteiger partial charge in [0, 0.05) is 5.56 Å². The fourth-order valence-corrected chi connectivity index (χ4v) is 2.76. The fourth-order valence-electron chi connectivity index (χ4n) is 2.41. The van der Waals surface area contributed by atoms with Crippen molar-refractivity contribution in [2.75, 3.05) is 13.7 Å². The Bertz CT molecular complexity index is 767. The highest BCUT2D eigenvalue weighted by Crippen LogP contribution is 2.32. The summed E-state index contributed by atoms with van der Waals surface area (Å²) in [4.78, 5) is 11.7. The minimum absolute atomic E-state index is 0.228. The van der Waals surface area contributed by atoms with Crippen molar-refractivity contribution < 1.29 is 19.0 Å². The standard InChI is InChI=1S/C19H21Cl2NO4/c1-3-25-19(23)15(22)10-12-7-8-16(24-2)13(9-12)11-26-17-6-4-5-14(20)18(17)21/h4-9,15H,3,10-11,22H2,1-2H3. The first-order chi connectivity index (χ1) is 12.5. The molecule has 0 saturated carbocycles. The lowest BCUT2D eigenvalue weighted by molar-refractivity contribution is -0.144. The van der Waals surface area contributed by atoms with Crippen molar-refractivity contribution in [3.63, 3.8) is 0 Å². The predicted octanol–water partition coefficient (Wildman–Crippen LogP) is 4.01. The highest BCUT2D eigenvalue weighted by atomic mass is 35.5. The molecule has 2 N–H and O–H groups in total. The first-order valence-corrected chi connectivity index (χ1v) is 8.86. The molecule has 26 heavy (non-hydrogen) atoms. The van der Waals surface area contributed by atoms with Gasteiger partial charge in [-0.15, -0.1) is 0 Å². The van der Waals surface area contributed by atoms with Gasteiger partial charge in [-0.2, -0.15) is 0 Å². The minimum atomic E-state index is -0.723. The lowest BCUT2D eigenvalue weighted by atomic mass is 10.0. The number of carbonyl (C=O) groups excluding carboxylic acids is 1. The number of carbonyl (C=O) groups is 1. The Morgan fingerprint density at radius 2 is 1.96 bits per heavy atom. The summed E-state index contributed by atoms with van der Waals surface area (Å²) in [5.74, 6) is 0.721. The molecular formula is C19H21Cl2NO4. The maximum absolute atomic E-state index is 11.7. The van der Waals surface area contributed by atoms with Crippen LogP contribution in [0.5, 0.6) is 11.5 Å². The minimum Gasteiger partial charge on any atom is -0.496 e. The molecule has 2 rings (SSSR count). The third kappa shape index (κ3) is 5.27. The van der Waals surface area contributed by atoms with Crippen LogP contribution in [0.3, 0.4) is 0 Å². The zero-order valence-electron chi connectivity index (χ0n) is 14.6. The zero-order valence-corrected chi connectivity index (χ0v) is 16.1. The summed E-state index contributed by atoms with van der Waals surface area (Å²) in [6.07, 6.45) is 0.355. The number of hydrogen-bond acceptors (Lipinski definition) is 5. The molecule has 5 nitrogen and oxygen atoms in total. The summed E-state index contributed by atoms with van der Waals surface area (Å²) >= 11 is 12.1. The zero-order chi connectivity index (χ0) is 19.1. The van der Waals surface area contributed by atoms with Gasteiger partial charge in [-0.3, -0.25) is 4.79 Å². The van der Waals surface area contributed by atoms with Crippen molar-refractivity contribution in [2.24, 2.45) is 5.73 Å². The number of benzene rings is 2. The number of esters is 1. The summed E-state index contributed by atoms with van der Waals surface area (Å²) in [7, 11) is 1.58. The Labute approximate surface area is 162 Å². The van der Waals surface area contributed by atoms with E-state index in [1.807, 2.05) is 18.2 Å². The largest absolute Gasteiger partial charge is 0.496 e. The Hall–Kier alpha value is -1.95. The van der Waals surface area contributed by atoms with E-state index in [0.717, 1.165) is 11.1 Å². The molecule has 0 radical (unpaired) electrons.